The van der Waals surface area contributed by atoms with E-state index >= 15 is 0 Å². The van der Waals surface area contributed by atoms with Gasteiger partial charge in [-0.2, -0.15) is 5.10 Å². The van der Waals surface area contributed by atoms with Crippen LogP contribution in [0.15, 0.2) is 54.7 Å². The van der Waals surface area contributed by atoms with Crippen LogP contribution in [0.25, 0.3) is 22.3 Å². The highest BCUT2D eigenvalue weighted by Gasteiger charge is 2.22. The second kappa shape index (κ2) is 8.30. The molecule has 1 fully saturated rings. The van der Waals surface area contributed by atoms with Gasteiger partial charge < -0.3 is 14.8 Å². The topological polar surface area (TPSA) is 90.1 Å². The number of benzene rings is 2. The number of nitrogens with zero attached hydrogens (tertiary/aromatic N) is 3. The molecule has 0 bridgehead atoms. The molecular weight excluding hydrogens is 378 g/mol. The number of H-pyrrole nitrogens is 2. The van der Waals surface area contributed by atoms with E-state index in [1.165, 1.54) is 12.8 Å². The highest BCUT2D eigenvalue weighted by atomic mass is 16.5. The maximum atomic E-state index is 9.63. The van der Waals surface area contributed by atoms with Gasteiger partial charge in [-0.25, -0.2) is 4.98 Å². The molecule has 1 aliphatic rings. The SMILES string of the molecule is OCC1CCCCN1Cc1nc2ccc(Oc3ccc(-c4ccn[nH]4)cc3)cc2[nH]1. The van der Waals surface area contributed by atoms with Crippen molar-refractivity contribution in [1.82, 2.24) is 25.1 Å². The Bertz CT molecular complexity index is 1100. The zero-order valence-electron chi connectivity index (χ0n) is 16.7. The van der Waals surface area contributed by atoms with Crippen molar-refractivity contribution in [2.45, 2.75) is 31.8 Å². The number of nitrogens with one attached hydrogen (secondary N) is 2. The van der Waals surface area contributed by atoms with E-state index in [4.69, 9.17) is 9.72 Å². The van der Waals surface area contributed by atoms with Crippen LogP contribution in [0.5, 0.6) is 11.5 Å². The van der Waals surface area contributed by atoms with E-state index in [0.29, 0.717) is 0 Å². The molecule has 7 nitrogen and oxygen atoms in total. The van der Waals surface area contributed by atoms with Gasteiger partial charge in [-0.3, -0.25) is 10.00 Å². The molecule has 2 aromatic heterocycles. The van der Waals surface area contributed by atoms with Gasteiger partial charge in [0.2, 0.25) is 0 Å². The molecule has 30 heavy (non-hydrogen) atoms. The molecule has 7 heteroatoms. The van der Waals surface area contributed by atoms with Crippen LogP contribution in [0.1, 0.15) is 25.1 Å². The summed E-state index contributed by atoms with van der Waals surface area (Å²) in [7, 11) is 0. The van der Waals surface area contributed by atoms with Gasteiger partial charge in [-0.05, 0) is 67.4 Å². The molecule has 0 spiro atoms. The van der Waals surface area contributed by atoms with E-state index < -0.39 is 0 Å². The molecule has 1 aliphatic heterocycles. The number of fused-ring (bicyclic) bond motifs is 1. The molecule has 4 aromatic rings. The van der Waals surface area contributed by atoms with Crippen molar-refractivity contribution in [2.24, 2.45) is 0 Å². The average Bonchev–Trinajstić information content (AvgIpc) is 3.44. The predicted molar refractivity (Wildman–Crippen MR) is 115 cm³/mol. The molecule has 1 saturated heterocycles. The van der Waals surface area contributed by atoms with Crippen LogP contribution < -0.4 is 4.74 Å². The number of aromatic nitrogens is 4. The van der Waals surface area contributed by atoms with Crippen molar-refractivity contribution in [2.75, 3.05) is 13.2 Å². The normalized spacial score (nSPS) is 17.4. The molecule has 2 aromatic carbocycles. The lowest BCUT2D eigenvalue weighted by Gasteiger charge is -2.33. The Morgan fingerprint density at radius 2 is 1.93 bits per heavy atom. The Balaban J connectivity index is 1.30. The summed E-state index contributed by atoms with van der Waals surface area (Å²) in [5, 5.41) is 16.6. The number of ether oxygens (including phenoxy) is 1. The molecule has 0 aliphatic carbocycles. The van der Waals surface area contributed by atoms with Gasteiger partial charge in [0.25, 0.3) is 0 Å². The zero-order valence-corrected chi connectivity index (χ0v) is 16.7. The number of aliphatic hydroxyl groups is 1. The molecule has 3 N–H and O–H groups in total. The maximum absolute atomic E-state index is 9.63. The van der Waals surface area contributed by atoms with Crippen LogP contribution in [0.2, 0.25) is 0 Å². The number of rotatable bonds is 6. The van der Waals surface area contributed by atoms with E-state index in [1.54, 1.807) is 6.20 Å². The minimum atomic E-state index is 0.206. The lowest BCUT2D eigenvalue weighted by Crippen LogP contribution is -2.41. The van der Waals surface area contributed by atoms with E-state index in [9.17, 15) is 5.11 Å². The molecule has 154 valence electrons. The number of piperidine rings is 1. The standard InChI is InChI=1S/C23H25N5O2/c29-15-17-3-1-2-12-28(17)14-23-25-21-9-8-19(13-22(21)26-23)30-18-6-4-16(5-7-18)20-10-11-24-27-20/h4-11,13,17,29H,1-3,12,14-15H2,(H,24,27)(H,25,26). The quantitative estimate of drug-likeness (QED) is 0.451. The zero-order chi connectivity index (χ0) is 20.3. The number of hydrogen-bond acceptors (Lipinski definition) is 5. The number of aliphatic hydroxyl groups excluding tert-OH is 1. The first-order valence-corrected chi connectivity index (χ1v) is 10.4. The summed E-state index contributed by atoms with van der Waals surface area (Å²) in [6.07, 6.45) is 5.15. The summed E-state index contributed by atoms with van der Waals surface area (Å²) in [6.45, 7) is 1.94. The van der Waals surface area contributed by atoms with Gasteiger partial charge in [0, 0.05) is 18.3 Å². The molecule has 1 atom stereocenters. The monoisotopic (exact) mass is 403 g/mol. The summed E-state index contributed by atoms with van der Waals surface area (Å²) in [5.41, 5.74) is 3.91. The maximum Gasteiger partial charge on any atom is 0.129 e. The van der Waals surface area contributed by atoms with Gasteiger partial charge in [0.1, 0.15) is 17.3 Å². The molecule has 5 rings (SSSR count). The van der Waals surface area contributed by atoms with Gasteiger partial charge in [-0.1, -0.05) is 6.42 Å². The van der Waals surface area contributed by atoms with E-state index in [-0.39, 0.29) is 12.6 Å². The highest BCUT2D eigenvalue weighted by molar-refractivity contribution is 5.77. The summed E-state index contributed by atoms with van der Waals surface area (Å²) >= 11 is 0. The molecule has 1 unspecified atom stereocenters. The first-order chi connectivity index (χ1) is 14.8. The summed E-state index contributed by atoms with van der Waals surface area (Å²) in [4.78, 5) is 10.5. The van der Waals surface area contributed by atoms with Crippen molar-refractivity contribution < 1.29 is 9.84 Å². The Hall–Kier alpha value is -3.16. The summed E-state index contributed by atoms with van der Waals surface area (Å²) < 4.78 is 6.04. The van der Waals surface area contributed by atoms with Gasteiger partial charge in [0.15, 0.2) is 0 Å². The van der Waals surface area contributed by atoms with E-state index in [0.717, 1.165) is 59.1 Å². The summed E-state index contributed by atoms with van der Waals surface area (Å²) in [6, 6.07) is 16.0. The van der Waals surface area contributed by atoms with E-state index in [1.807, 2.05) is 48.5 Å². The van der Waals surface area contributed by atoms with E-state index in [2.05, 4.69) is 20.1 Å². The third-order valence-corrected chi connectivity index (χ3v) is 5.72. The van der Waals surface area contributed by atoms with Gasteiger partial charge >= 0.3 is 0 Å². The Labute approximate surface area is 174 Å². The fourth-order valence-electron chi connectivity index (χ4n) is 4.10. The van der Waals surface area contributed by atoms with Crippen LogP contribution in [0.3, 0.4) is 0 Å². The van der Waals surface area contributed by atoms with Crippen molar-refractivity contribution in [3.8, 4) is 22.8 Å². The molecular formula is C23H25N5O2. The Kier molecular flexibility index (Phi) is 5.21. The van der Waals surface area contributed by atoms with Crippen molar-refractivity contribution >= 4 is 11.0 Å². The predicted octanol–water partition coefficient (Wildman–Crippen LogP) is 4.09. The molecule has 0 radical (unpaired) electrons. The largest absolute Gasteiger partial charge is 0.457 e. The van der Waals surface area contributed by atoms with Gasteiger partial charge in [-0.15, -0.1) is 0 Å². The highest BCUT2D eigenvalue weighted by Crippen LogP contribution is 2.27. The third-order valence-electron chi connectivity index (χ3n) is 5.72. The van der Waals surface area contributed by atoms with Crippen LogP contribution in [-0.4, -0.2) is 49.4 Å². The van der Waals surface area contributed by atoms with Crippen molar-refractivity contribution in [3.63, 3.8) is 0 Å². The van der Waals surface area contributed by atoms with Crippen LogP contribution in [0.4, 0.5) is 0 Å². The van der Waals surface area contributed by atoms with Crippen molar-refractivity contribution in [3.05, 3.63) is 60.6 Å². The minimum Gasteiger partial charge on any atom is -0.457 e. The number of aromatic amines is 2. The van der Waals surface area contributed by atoms with Crippen LogP contribution in [-0.2, 0) is 6.54 Å². The summed E-state index contributed by atoms with van der Waals surface area (Å²) in [5.74, 6) is 2.46. The first-order valence-electron chi connectivity index (χ1n) is 10.4. The fourth-order valence-corrected chi connectivity index (χ4v) is 4.10. The number of likely N-dealkylation sites (tertiary alicyclic amines) is 1. The van der Waals surface area contributed by atoms with Crippen LogP contribution in [0, 0.1) is 0 Å². The third kappa shape index (κ3) is 3.94. The van der Waals surface area contributed by atoms with Crippen molar-refractivity contribution in [1.29, 1.82) is 0 Å². The number of hydrogen-bond donors (Lipinski definition) is 3. The minimum absolute atomic E-state index is 0.206. The fraction of sp³-hybridized carbons (Fsp3) is 0.304. The second-order valence-electron chi connectivity index (χ2n) is 7.76. The Morgan fingerprint density at radius 1 is 1.07 bits per heavy atom. The second-order valence-corrected chi connectivity index (χ2v) is 7.76. The lowest BCUT2D eigenvalue weighted by molar-refractivity contribution is 0.0822. The van der Waals surface area contributed by atoms with Gasteiger partial charge in [0.05, 0.1) is 29.9 Å². The van der Waals surface area contributed by atoms with Crippen LogP contribution >= 0.6 is 0 Å². The molecule has 0 amide bonds. The average molecular weight is 403 g/mol. The number of imidazole rings is 1. The molecule has 3 heterocycles. The smallest absolute Gasteiger partial charge is 0.129 e. The molecule has 0 saturated carbocycles. The lowest BCUT2D eigenvalue weighted by atomic mass is 10.0. The first kappa shape index (κ1) is 18.8. The Morgan fingerprint density at radius 3 is 2.73 bits per heavy atom.